The van der Waals surface area contributed by atoms with Crippen LogP contribution in [-0.2, 0) is 14.8 Å². The molecule has 7 heteroatoms. The predicted octanol–water partition coefficient (Wildman–Crippen LogP) is 0.797. The third-order valence-electron chi connectivity index (χ3n) is 2.65. The number of hydrogen-bond acceptors (Lipinski definition) is 5. The van der Waals surface area contributed by atoms with Gasteiger partial charge < -0.3 is 10.5 Å². The minimum absolute atomic E-state index is 0.0180. The molecule has 0 saturated carbocycles. The van der Waals surface area contributed by atoms with E-state index < -0.39 is 10.0 Å². The molecule has 0 bridgehead atoms. The van der Waals surface area contributed by atoms with E-state index >= 15 is 0 Å². The van der Waals surface area contributed by atoms with Crippen molar-refractivity contribution >= 4 is 15.7 Å². The van der Waals surface area contributed by atoms with Crippen molar-refractivity contribution in [1.29, 1.82) is 5.26 Å². The Kier molecular flexibility index (Phi) is 5.30. The van der Waals surface area contributed by atoms with E-state index in [9.17, 15) is 8.42 Å². The van der Waals surface area contributed by atoms with Gasteiger partial charge in [-0.25, -0.2) is 8.42 Å². The average molecular weight is 283 g/mol. The summed E-state index contributed by atoms with van der Waals surface area (Å²) < 4.78 is 31.0. The molecule has 6 nitrogen and oxygen atoms in total. The molecule has 1 rings (SSSR count). The summed E-state index contributed by atoms with van der Waals surface area (Å²) in [4.78, 5) is 0.0180. The van der Waals surface area contributed by atoms with E-state index in [1.54, 1.807) is 6.92 Å². The van der Waals surface area contributed by atoms with Crippen LogP contribution < -0.4 is 5.73 Å². The lowest BCUT2D eigenvalue weighted by Crippen LogP contribution is -2.34. The second kappa shape index (κ2) is 6.52. The van der Waals surface area contributed by atoms with Crippen LogP contribution in [0.4, 0.5) is 5.69 Å². The molecule has 0 heterocycles. The minimum Gasteiger partial charge on any atom is -0.398 e. The highest BCUT2D eigenvalue weighted by atomic mass is 32.2. The monoisotopic (exact) mass is 283 g/mol. The van der Waals surface area contributed by atoms with Crippen molar-refractivity contribution in [1.82, 2.24) is 4.31 Å². The summed E-state index contributed by atoms with van der Waals surface area (Å²) in [5, 5.41) is 8.75. The summed E-state index contributed by atoms with van der Waals surface area (Å²) in [7, 11) is -2.15. The Labute approximate surface area is 113 Å². The van der Waals surface area contributed by atoms with E-state index in [1.165, 1.54) is 29.6 Å². The zero-order valence-corrected chi connectivity index (χ0v) is 11.8. The van der Waals surface area contributed by atoms with Gasteiger partial charge in [-0.3, -0.25) is 0 Å². The number of likely N-dealkylation sites (N-methyl/N-ethyl adjacent to an activating group) is 1. The Morgan fingerprint density at radius 1 is 1.47 bits per heavy atom. The molecule has 0 fully saturated rings. The van der Waals surface area contributed by atoms with E-state index in [0.717, 1.165) is 0 Å². The highest BCUT2D eigenvalue weighted by Crippen LogP contribution is 2.23. The van der Waals surface area contributed by atoms with E-state index in [4.69, 9.17) is 15.7 Å². The fourth-order valence-corrected chi connectivity index (χ4v) is 3.16. The molecule has 1 aromatic carbocycles. The lowest BCUT2D eigenvalue weighted by molar-refractivity contribution is 0.180. The Hall–Kier alpha value is -1.62. The van der Waals surface area contributed by atoms with Gasteiger partial charge in [0.1, 0.15) is 4.90 Å². The molecule has 0 saturated heterocycles. The number of ether oxygens (including phenoxy) is 1. The first kappa shape index (κ1) is 15.4. The Bertz CT molecular complexity index is 578. The molecular weight excluding hydrogens is 266 g/mol. The van der Waals surface area contributed by atoms with E-state index in [0.29, 0.717) is 18.7 Å². The molecule has 0 radical (unpaired) electrons. The summed E-state index contributed by atoms with van der Waals surface area (Å²) in [5.41, 5.74) is 6.12. The standard InChI is InChI=1S/C12H17N3O3S/c1-3-15(6-7-18-2)19(16,17)12-5-4-10(9-13)8-11(12)14/h4-5,8H,3,6-7,14H2,1-2H3. The molecule has 0 aliphatic heterocycles. The van der Waals surface area contributed by atoms with Crippen molar-refractivity contribution in [2.75, 3.05) is 32.5 Å². The molecule has 19 heavy (non-hydrogen) atoms. The second-order valence-electron chi connectivity index (χ2n) is 3.85. The number of rotatable bonds is 6. The smallest absolute Gasteiger partial charge is 0.245 e. The number of nitrogen functional groups attached to an aromatic ring is 1. The van der Waals surface area contributed by atoms with Crippen molar-refractivity contribution in [3.05, 3.63) is 23.8 Å². The van der Waals surface area contributed by atoms with Gasteiger partial charge >= 0.3 is 0 Å². The quantitative estimate of drug-likeness (QED) is 0.779. The number of anilines is 1. The summed E-state index contributed by atoms with van der Waals surface area (Å²) in [5.74, 6) is 0. The van der Waals surface area contributed by atoms with Crippen LogP contribution in [0.5, 0.6) is 0 Å². The minimum atomic E-state index is -3.66. The summed E-state index contributed by atoms with van der Waals surface area (Å²) in [6.45, 7) is 2.64. The van der Waals surface area contributed by atoms with Crippen LogP contribution in [-0.4, -0.2) is 39.5 Å². The number of nitrogens with zero attached hydrogens (tertiary/aromatic N) is 2. The van der Waals surface area contributed by atoms with Crippen LogP contribution >= 0.6 is 0 Å². The maximum absolute atomic E-state index is 12.4. The molecule has 0 aliphatic carbocycles. The topological polar surface area (TPSA) is 96.4 Å². The van der Waals surface area contributed by atoms with Gasteiger partial charge in [-0.05, 0) is 18.2 Å². The number of nitriles is 1. The number of sulfonamides is 1. The largest absolute Gasteiger partial charge is 0.398 e. The lowest BCUT2D eigenvalue weighted by Gasteiger charge is -2.21. The van der Waals surface area contributed by atoms with Gasteiger partial charge in [0.2, 0.25) is 10.0 Å². The number of benzene rings is 1. The summed E-state index contributed by atoms with van der Waals surface area (Å²) in [6.07, 6.45) is 0. The fourth-order valence-electron chi connectivity index (χ4n) is 1.63. The first-order valence-electron chi connectivity index (χ1n) is 5.76. The molecule has 0 atom stereocenters. The molecular formula is C12H17N3O3S. The van der Waals surface area contributed by atoms with Gasteiger partial charge in [0.05, 0.1) is 23.9 Å². The lowest BCUT2D eigenvalue weighted by atomic mass is 10.2. The van der Waals surface area contributed by atoms with Gasteiger partial charge in [-0.1, -0.05) is 6.92 Å². The normalized spacial score (nSPS) is 11.5. The molecule has 0 spiro atoms. The van der Waals surface area contributed by atoms with E-state index in [1.807, 2.05) is 6.07 Å². The first-order valence-corrected chi connectivity index (χ1v) is 7.20. The van der Waals surface area contributed by atoms with Crippen molar-refractivity contribution in [2.24, 2.45) is 0 Å². The Morgan fingerprint density at radius 2 is 2.16 bits per heavy atom. The summed E-state index contributed by atoms with van der Waals surface area (Å²) >= 11 is 0. The maximum atomic E-state index is 12.4. The zero-order valence-electron chi connectivity index (χ0n) is 11.0. The van der Waals surface area contributed by atoms with Crippen LogP contribution in [0.1, 0.15) is 12.5 Å². The molecule has 0 aliphatic rings. The maximum Gasteiger partial charge on any atom is 0.245 e. The molecule has 2 N–H and O–H groups in total. The number of methoxy groups -OCH3 is 1. The predicted molar refractivity (Wildman–Crippen MR) is 71.9 cm³/mol. The van der Waals surface area contributed by atoms with Gasteiger partial charge in [0, 0.05) is 20.2 Å². The molecule has 0 amide bonds. The highest BCUT2D eigenvalue weighted by Gasteiger charge is 2.25. The van der Waals surface area contributed by atoms with Crippen LogP contribution in [0, 0.1) is 11.3 Å². The van der Waals surface area contributed by atoms with E-state index in [2.05, 4.69) is 0 Å². The zero-order chi connectivity index (χ0) is 14.5. The molecule has 1 aromatic rings. The average Bonchev–Trinajstić information content (AvgIpc) is 2.38. The Balaban J connectivity index is 3.15. The molecule has 104 valence electrons. The van der Waals surface area contributed by atoms with Crippen molar-refractivity contribution in [3.63, 3.8) is 0 Å². The molecule has 0 aromatic heterocycles. The fraction of sp³-hybridized carbons (Fsp3) is 0.417. The summed E-state index contributed by atoms with van der Waals surface area (Å²) in [6, 6.07) is 6.07. The van der Waals surface area contributed by atoms with Gasteiger partial charge in [0.25, 0.3) is 0 Å². The third-order valence-corrected chi connectivity index (χ3v) is 4.70. The number of hydrogen-bond donors (Lipinski definition) is 1. The van der Waals surface area contributed by atoms with Gasteiger partial charge in [-0.15, -0.1) is 0 Å². The van der Waals surface area contributed by atoms with Crippen LogP contribution in [0.15, 0.2) is 23.1 Å². The van der Waals surface area contributed by atoms with Crippen molar-refractivity contribution in [2.45, 2.75) is 11.8 Å². The van der Waals surface area contributed by atoms with E-state index in [-0.39, 0.29) is 17.1 Å². The van der Waals surface area contributed by atoms with Crippen molar-refractivity contribution < 1.29 is 13.2 Å². The Morgan fingerprint density at radius 3 is 2.63 bits per heavy atom. The third kappa shape index (κ3) is 3.44. The molecule has 0 unspecified atom stereocenters. The van der Waals surface area contributed by atoms with Crippen LogP contribution in [0.3, 0.4) is 0 Å². The first-order chi connectivity index (χ1) is 8.97. The SMILES string of the molecule is CCN(CCOC)S(=O)(=O)c1ccc(C#N)cc1N. The van der Waals surface area contributed by atoms with Crippen LogP contribution in [0.2, 0.25) is 0 Å². The highest BCUT2D eigenvalue weighted by molar-refractivity contribution is 7.89. The van der Waals surface area contributed by atoms with Crippen LogP contribution in [0.25, 0.3) is 0 Å². The second-order valence-corrected chi connectivity index (χ2v) is 5.76. The van der Waals surface area contributed by atoms with Gasteiger partial charge in [0.15, 0.2) is 0 Å². The van der Waals surface area contributed by atoms with Crippen molar-refractivity contribution in [3.8, 4) is 6.07 Å². The number of nitrogens with two attached hydrogens (primary N) is 1. The van der Waals surface area contributed by atoms with Gasteiger partial charge in [-0.2, -0.15) is 9.57 Å².